The second-order valence-corrected chi connectivity index (χ2v) is 7.35. The molecule has 1 aromatic heterocycles. The van der Waals surface area contributed by atoms with E-state index in [0.29, 0.717) is 17.7 Å². The van der Waals surface area contributed by atoms with E-state index in [0.717, 1.165) is 23.2 Å². The van der Waals surface area contributed by atoms with Gasteiger partial charge in [-0.05, 0) is 69.0 Å². The number of methoxy groups -OCH3 is 1. The van der Waals surface area contributed by atoms with Crippen LogP contribution in [0.5, 0.6) is 5.75 Å². The van der Waals surface area contributed by atoms with Crippen molar-refractivity contribution < 1.29 is 9.53 Å². The molecule has 1 aromatic carbocycles. The molecule has 2 fully saturated rings. The van der Waals surface area contributed by atoms with Crippen LogP contribution in [-0.2, 0) is 0 Å². The quantitative estimate of drug-likeness (QED) is 0.898. The van der Waals surface area contributed by atoms with Crippen molar-refractivity contribution in [3.8, 4) is 5.75 Å². The Morgan fingerprint density at radius 1 is 1.24 bits per heavy atom. The number of aromatic nitrogens is 1. The van der Waals surface area contributed by atoms with Gasteiger partial charge in [-0.15, -0.1) is 0 Å². The van der Waals surface area contributed by atoms with Crippen LogP contribution in [-0.4, -0.2) is 48.6 Å². The second-order valence-electron chi connectivity index (χ2n) is 7.35. The molecule has 0 saturated carbocycles. The first-order valence-electron chi connectivity index (χ1n) is 9.43. The molecule has 0 bridgehead atoms. The molecule has 5 nitrogen and oxygen atoms in total. The zero-order valence-corrected chi connectivity index (χ0v) is 14.9. The van der Waals surface area contributed by atoms with Crippen molar-refractivity contribution in [3.05, 3.63) is 30.0 Å². The summed E-state index contributed by atoms with van der Waals surface area (Å²) in [5, 5.41) is 4.16. The smallest absolute Gasteiger partial charge is 0.267 e. The van der Waals surface area contributed by atoms with E-state index in [2.05, 4.69) is 15.2 Å². The maximum absolute atomic E-state index is 12.6. The summed E-state index contributed by atoms with van der Waals surface area (Å²) in [4.78, 5) is 18.4. The van der Waals surface area contributed by atoms with Crippen molar-refractivity contribution in [3.63, 3.8) is 0 Å². The van der Waals surface area contributed by atoms with Crippen molar-refractivity contribution in [2.24, 2.45) is 5.92 Å². The predicted octanol–water partition coefficient (Wildman–Crippen LogP) is 3.17. The van der Waals surface area contributed by atoms with Crippen molar-refractivity contribution in [2.45, 2.75) is 38.1 Å². The normalized spacial score (nSPS) is 24.0. The van der Waals surface area contributed by atoms with Crippen LogP contribution < -0.4 is 10.1 Å². The fourth-order valence-corrected chi connectivity index (χ4v) is 4.49. The number of nitrogens with zero attached hydrogens (tertiary/aromatic N) is 1. The number of H-pyrrole nitrogens is 1. The number of amides is 1. The largest absolute Gasteiger partial charge is 0.497 e. The molecule has 1 unspecified atom stereocenters. The van der Waals surface area contributed by atoms with E-state index in [1.165, 1.54) is 45.2 Å². The maximum atomic E-state index is 12.6. The summed E-state index contributed by atoms with van der Waals surface area (Å²) in [5.41, 5.74) is 1.58. The number of ether oxygens (including phenoxy) is 1. The summed E-state index contributed by atoms with van der Waals surface area (Å²) in [6.07, 6.45) is 6.42. The highest BCUT2D eigenvalue weighted by Gasteiger charge is 2.33. The van der Waals surface area contributed by atoms with Crippen molar-refractivity contribution in [1.82, 2.24) is 15.2 Å². The highest BCUT2D eigenvalue weighted by Crippen LogP contribution is 2.30. The minimum atomic E-state index is -0.0110. The van der Waals surface area contributed by atoms with Gasteiger partial charge in [0.1, 0.15) is 11.4 Å². The first-order valence-corrected chi connectivity index (χ1v) is 9.43. The zero-order chi connectivity index (χ0) is 17.2. The van der Waals surface area contributed by atoms with Crippen molar-refractivity contribution >= 4 is 16.8 Å². The van der Waals surface area contributed by atoms with Crippen molar-refractivity contribution in [2.75, 3.05) is 26.7 Å². The summed E-state index contributed by atoms with van der Waals surface area (Å²) in [7, 11) is 1.65. The van der Waals surface area contributed by atoms with Gasteiger partial charge >= 0.3 is 0 Å². The Balaban J connectivity index is 1.41. The van der Waals surface area contributed by atoms with E-state index in [1.807, 2.05) is 24.3 Å². The fourth-order valence-electron chi connectivity index (χ4n) is 4.49. The van der Waals surface area contributed by atoms with Gasteiger partial charge in [0.05, 0.1) is 7.11 Å². The SMILES string of the molecule is COc1ccc2[nH]c(C(=O)NCC3CCCN4CCCC[C@H]34)cc2c1. The Morgan fingerprint density at radius 2 is 2.12 bits per heavy atom. The number of nitrogens with one attached hydrogen (secondary N) is 2. The lowest BCUT2D eigenvalue weighted by Gasteiger charge is -2.44. The van der Waals surface area contributed by atoms with Gasteiger partial charge in [0.25, 0.3) is 5.91 Å². The van der Waals surface area contributed by atoms with Crippen LogP contribution in [0.4, 0.5) is 0 Å². The standard InChI is InChI=1S/C20H27N3O2/c1-25-16-7-8-17-15(11-16)12-18(22-17)20(24)21-13-14-5-4-10-23-9-3-2-6-19(14)23/h7-8,11-12,14,19,22H,2-6,9-10,13H2,1H3,(H,21,24)/t14?,19-/m1/s1. The topological polar surface area (TPSA) is 57.4 Å². The molecule has 0 spiro atoms. The third kappa shape index (κ3) is 3.38. The van der Waals surface area contributed by atoms with Crippen LogP contribution in [0.15, 0.2) is 24.3 Å². The summed E-state index contributed by atoms with van der Waals surface area (Å²) in [6, 6.07) is 8.37. The Kier molecular flexibility index (Phi) is 4.66. The van der Waals surface area contributed by atoms with E-state index in [1.54, 1.807) is 7.11 Å². The number of benzene rings is 1. The Hall–Kier alpha value is -2.01. The summed E-state index contributed by atoms with van der Waals surface area (Å²) in [6.45, 7) is 3.25. The molecule has 2 atom stereocenters. The van der Waals surface area contributed by atoms with E-state index in [9.17, 15) is 4.79 Å². The molecule has 0 aliphatic carbocycles. The first kappa shape index (κ1) is 16.5. The Labute approximate surface area is 148 Å². The van der Waals surface area contributed by atoms with Gasteiger partial charge in [0, 0.05) is 23.5 Å². The average molecular weight is 341 g/mol. The van der Waals surface area contributed by atoms with Gasteiger partial charge in [0.15, 0.2) is 0 Å². The number of rotatable bonds is 4. The summed E-state index contributed by atoms with van der Waals surface area (Å²) >= 11 is 0. The molecule has 3 heterocycles. The van der Waals surface area contributed by atoms with Gasteiger partial charge in [0.2, 0.25) is 0 Å². The molecule has 5 heteroatoms. The highest BCUT2D eigenvalue weighted by atomic mass is 16.5. The molecule has 2 N–H and O–H groups in total. The second kappa shape index (κ2) is 7.08. The molecular weight excluding hydrogens is 314 g/mol. The number of fused-ring (bicyclic) bond motifs is 2. The lowest BCUT2D eigenvalue weighted by atomic mass is 9.83. The highest BCUT2D eigenvalue weighted by molar-refractivity contribution is 5.98. The molecule has 2 saturated heterocycles. The molecule has 1 amide bonds. The first-order chi connectivity index (χ1) is 12.2. The van der Waals surface area contributed by atoms with Gasteiger partial charge in [-0.3, -0.25) is 4.79 Å². The third-order valence-corrected chi connectivity index (χ3v) is 5.83. The molecule has 25 heavy (non-hydrogen) atoms. The average Bonchev–Trinajstić information content (AvgIpc) is 3.09. The number of carbonyl (C=O) groups is 1. The van der Waals surface area contributed by atoms with Crippen LogP contribution in [0.2, 0.25) is 0 Å². The van der Waals surface area contributed by atoms with Crippen LogP contribution >= 0.6 is 0 Å². The molecule has 134 valence electrons. The number of carbonyl (C=O) groups excluding carboxylic acids is 1. The minimum absolute atomic E-state index is 0.0110. The van der Waals surface area contributed by atoms with Crippen LogP contribution in [0.1, 0.15) is 42.6 Å². The van der Waals surface area contributed by atoms with Crippen LogP contribution in [0, 0.1) is 5.92 Å². The number of hydrogen-bond donors (Lipinski definition) is 2. The van der Waals surface area contributed by atoms with Gasteiger partial charge in [-0.25, -0.2) is 0 Å². The molecule has 2 aromatic rings. The molecule has 4 rings (SSSR count). The Morgan fingerprint density at radius 3 is 3.00 bits per heavy atom. The molecule has 2 aliphatic heterocycles. The van der Waals surface area contributed by atoms with E-state index in [4.69, 9.17) is 4.74 Å². The summed E-state index contributed by atoms with van der Waals surface area (Å²) < 4.78 is 5.25. The number of aromatic amines is 1. The van der Waals surface area contributed by atoms with E-state index in [-0.39, 0.29) is 5.91 Å². The lowest BCUT2D eigenvalue weighted by Crippen LogP contribution is -2.51. The van der Waals surface area contributed by atoms with Crippen LogP contribution in [0.25, 0.3) is 10.9 Å². The van der Waals surface area contributed by atoms with E-state index < -0.39 is 0 Å². The van der Waals surface area contributed by atoms with Crippen LogP contribution in [0.3, 0.4) is 0 Å². The minimum Gasteiger partial charge on any atom is -0.497 e. The van der Waals surface area contributed by atoms with Gasteiger partial charge in [-0.1, -0.05) is 6.42 Å². The maximum Gasteiger partial charge on any atom is 0.267 e. The Bertz CT molecular complexity index is 752. The summed E-state index contributed by atoms with van der Waals surface area (Å²) in [5.74, 6) is 1.38. The van der Waals surface area contributed by atoms with E-state index >= 15 is 0 Å². The molecule has 0 radical (unpaired) electrons. The lowest BCUT2D eigenvalue weighted by molar-refractivity contribution is 0.0575. The van der Waals surface area contributed by atoms with Gasteiger partial charge < -0.3 is 19.9 Å². The predicted molar refractivity (Wildman–Crippen MR) is 99.1 cm³/mol. The third-order valence-electron chi connectivity index (χ3n) is 5.83. The molecular formula is C20H27N3O2. The number of hydrogen-bond acceptors (Lipinski definition) is 3. The molecule has 2 aliphatic rings. The zero-order valence-electron chi connectivity index (χ0n) is 14.9. The van der Waals surface area contributed by atoms with Gasteiger partial charge in [-0.2, -0.15) is 0 Å². The fraction of sp³-hybridized carbons (Fsp3) is 0.550. The number of piperidine rings is 2. The van der Waals surface area contributed by atoms with Crippen molar-refractivity contribution in [1.29, 1.82) is 0 Å². The monoisotopic (exact) mass is 341 g/mol.